The summed E-state index contributed by atoms with van der Waals surface area (Å²) < 4.78 is 21.9. The molecule has 0 aromatic carbocycles. The van der Waals surface area contributed by atoms with Gasteiger partial charge in [0, 0.05) is 10.6 Å². The Morgan fingerprint density at radius 2 is 2.33 bits per heavy atom. The Morgan fingerprint density at radius 3 is 2.75 bits per heavy atom. The fraction of sp³-hybridized carbons (Fsp3) is 0.167. The molecule has 3 nitrogen and oxygen atoms in total. The largest absolute Gasteiger partial charge is 0.221 e. The van der Waals surface area contributed by atoms with Crippen molar-refractivity contribution in [2.24, 2.45) is 0 Å². The van der Waals surface area contributed by atoms with Crippen molar-refractivity contribution in [3.05, 3.63) is 15.0 Å². The van der Waals surface area contributed by atoms with Gasteiger partial charge in [-0.05, 0) is 21.9 Å². The minimum atomic E-state index is -3.22. The maximum atomic E-state index is 10.6. The van der Waals surface area contributed by atoms with Crippen LogP contribution >= 0.6 is 27.3 Å². The average Bonchev–Trinajstić information content (AvgIpc) is 2.30. The SMILES string of the molecule is CS(=O)(=O)C#Cc1csc(Br)n1. The van der Waals surface area contributed by atoms with Crippen LogP contribution in [0.3, 0.4) is 0 Å². The van der Waals surface area contributed by atoms with E-state index >= 15 is 0 Å². The molecular weight excluding hydrogens is 262 g/mol. The number of aromatic nitrogens is 1. The number of halogens is 1. The fourth-order valence-corrected chi connectivity index (χ4v) is 1.69. The predicted molar refractivity (Wildman–Crippen MR) is 51.5 cm³/mol. The summed E-state index contributed by atoms with van der Waals surface area (Å²) in [5, 5.41) is 3.78. The molecule has 0 spiro atoms. The highest BCUT2D eigenvalue weighted by molar-refractivity contribution is 9.11. The molecule has 0 atom stereocenters. The second kappa shape index (κ2) is 3.56. The highest BCUT2D eigenvalue weighted by atomic mass is 79.9. The summed E-state index contributed by atoms with van der Waals surface area (Å²) in [6.45, 7) is 0. The number of sulfone groups is 1. The molecule has 0 fully saturated rings. The van der Waals surface area contributed by atoms with Crippen molar-refractivity contribution in [1.29, 1.82) is 0 Å². The van der Waals surface area contributed by atoms with Crippen LogP contribution in [-0.4, -0.2) is 19.7 Å². The van der Waals surface area contributed by atoms with Crippen molar-refractivity contribution >= 4 is 37.1 Å². The first kappa shape index (κ1) is 9.71. The molecule has 0 N–H and O–H groups in total. The van der Waals surface area contributed by atoms with Crippen molar-refractivity contribution < 1.29 is 8.42 Å². The zero-order valence-corrected chi connectivity index (χ0v) is 9.25. The van der Waals surface area contributed by atoms with Gasteiger partial charge in [-0.25, -0.2) is 13.4 Å². The normalized spacial score (nSPS) is 10.5. The molecule has 0 aliphatic heterocycles. The van der Waals surface area contributed by atoms with Gasteiger partial charge in [0.25, 0.3) is 0 Å². The Hall–Kier alpha value is -0.380. The first-order valence-corrected chi connectivity index (χ1v) is 6.37. The van der Waals surface area contributed by atoms with E-state index in [0.29, 0.717) is 9.61 Å². The lowest BCUT2D eigenvalue weighted by atomic mass is 10.5. The van der Waals surface area contributed by atoms with E-state index in [4.69, 9.17) is 0 Å². The third-order valence-electron chi connectivity index (χ3n) is 0.841. The van der Waals surface area contributed by atoms with Crippen molar-refractivity contribution in [1.82, 2.24) is 4.98 Å². The van der Waals surface area contributed by atoms with E-state index in [9.17, 15) is 8.42 Å². The Labute approximate surface area is 82.9 Å². The third kappa shape index (κ3) is 3.34. The monoisotopic (exact) mass is 265 g/mol. The molecule has 1 aromatic rings. The maximum absolute atomic E-state index is 10.6. The van der Waals surface area contributed by atoms with Crippen LogP contribution in [0, 0.1) is 11.2 Å². The minimum Gasteiger partial charge on any atom is -0.221 e. The van der Waals surface area contributed by atoms with Gasteiger partial charge in [0.1, 0.15) is 5.69 Å². The highest BCUT2D eigenvalue weighted by Gasteiger charge is 1.96. The van der Waals surface area contributed by atoms with Crippen LogP contribution in [0.2, 0.25) is 0 Å². The fourth-order valence-electron chi connectivity index (χ4n) is 0.454. The lowest BCUT2D eigenvalue weighted by Crippen LogP contribution is -1.88. The molecule has 0 aliphatic rings. The van der Waals surface area contributed by atoms with Gasteiger partial charge in [0.05, 0.1) is 6.26 Å². The van der Waals surface area contributed by atoms with E-state index in [2.05, 4.69) is 32.1 Å². The molecule has 1 heterocycles. The Morgan fingerprint density at radius 1 is 1.67 bits per heavy atom. The van der Waals surface area contributed by atoms with Gasteiger partial charge >= 0.3 is 0 Å². The van der Waals surface area contributed by atoms with Crippen LogP contribution in [-0.2, 0) is 9.84 Å². The molecule has 64 valence electrons. The van der Waals surface area contributed by atoms with Gasteiger partial charge < -0.3 is 0 Å². The van der Waals surface area contributed by atoms with E-state index < -0.39 is 9.84 Å². The summed E-state index contributed by atoms with van der Waals surface area (Å²) in [5.74, 6) is 2.44. The van der Waals surface area contributed by atoms with Gasteiger partial charge in [0.2, 0.25) is 9.84 Å². The molecule has 0 saturated carbocycles. The van der Waals surface area contributed by atoms with Gasteiger partial charge in [-0.2, -0.15) is 0 Å². The van der Waals surface area contributed by atoms with E-state index in [1.807, 2.05) is 0 Å². The van der Waals surface area contributed by atoms with Crippen LogP contribution in [0.15, 0.2) is 9.30 Å². The van der Waals surface area contributed by atoms with Gasteiger partial charge in [-0.3, -0.25) is 0 Å². The second-order valence-corrected chi connectivity index (χ2v) is 5.87. The topological polar surface area (TPSA) is 47.0 Å². The van der Waals surface area contributed by atoms with E-state index in [0.717, 1.165) is 6.26 Å². The van der Waals surface area contributed by atoms with Crippen LogP contribution in [0.4, 0.5) is 0 Å². The number of hydrogen-bond donors (Lipinski definition) is 0. The van der Waals surface area contributed by atoms with E-state index in [1.54, 1.807) is 5.38 Å². The molecular formula is C6H4BrNO2S2. The summed E-state index contributed by atoms with van der Waals surface area (Å²) in [6.07, 6.45) is 1.06. The zero-order valence-electron chi connectivity index (χ0n) is 6.04. The number of thiazole rings is 1. The standard InChI is InChI=1S/C6H4BrNO2S2/c1-12(9,10)3-2-5-4-11-6(7)8-5/h4H,1H3. The summed E-state index contributed by atoms with van der Waals surface area (Å²) in [7, 11) is -3.22. The molecule has 0 unspecified atom stereocenters. The van der Waals surface area contributed by atoms with Crippen LogP contribution in [0.1, 0.15) is 5.69 Å². The summed E-state index contributed by atoms with van der Waals surface area (Å²) in [5.41, 5.74) is 0.470. The molecule has 0 amide bonds. The van der Waals surface area contributed by atoms with Crippen LogP contribution < -0.4 is 0 Å². The first-order chi connectivity index (χ1) is 5.47. The van der Waals surface area contributed by atoms with E-state index in [-0.39, 0.29) is 0 Å². The Bertz CT molecular complexity index is 438. The van der Waals surface area contributed by atoms with Gasteiger partial charge in [-0.1, -0.05) is 0 Å². The maximum Gasteiger partial charge on any atom is 0.214 e. The quantitative estimate of drug-likeness (QED) is 0.664. The molecule has 0 aliphatic carbocycles. The summed E-state index contributed by atoms with van der Waals surface area (Å²) in [4.78, 5) is 3.91. The second-order valence-electron chi connectivity index (χ2n) is 1.98. The van der Waals surface area contributed by atoms with Gasteiger partial charge in [-0.15, -0.1) is 11.3 Å². The predicted octanol–water partition coefficient (Wildman–Crippen LogP) is 1.26. The van der Waals surface area contributed by atoms with Crippen molar-refractivity contribution in [3.8, 4) is 11.2 Å². The molecule has 0 saturated heterocycles. The highest BCUT2D eigenvalue weighted by Crippen LogP contribution is 2.14. The number of nitrogens with zero attached hydrogens (tertiary/aromatic N) is 1. The van der Waals surface area contributed by atoms with E-state index in [1.165, 1.54) is 11.3 Å². The lowest BCUT2D eigenvalue weighted by Gasteiger charge is -1.77. The molecule has 6 heteroatoms. The van der Waals surface area contributed by atoms with Crippen molar-refractivity contribution in [2.45, 2.75) is 0 Å². The molecule has 1 aromatic heterocycles. The van der Waals surface area contributed by atoms with Gasteiger partial charge in [0.15, 0.2) is 3.92 Å². The number of rotatable bonds is 0. The average molecular weight is 266 g/mol. The van der Waals surface area contributed by atoms with Crippen LogP contribution in [0.5, 0.6) is 0 Å². The van der Waals surface area contributed by atoms with Crippen molar-refractivity contribution in [2.75, 3.05) is 6.26 Å². The lowest BCUT2D eigenvalue weighted by molar-refractivity contribution is 0.611. The van der Waals surface area contributed by atoms with Crippen LogP contribution in [0.25, 0.3) is 0 Å². The minimum absolute atomic E-state index is 0.470. The summed E-state index contributed by atoms with van der Waals surface area (Å²) >= 11 is 4.51. The molecule has 0 radical (unpaired) electrons. The number of hydrogen-bond acceptors (Lipinski definition) is 4. The molecule has 1 rings (SSSR count). The Balaban J connectivity index is 2.95. The third-order valence-corrected chi connectivity index (χ3v) is 2.68. The molecule has 12 heavy (non-hydrogen) atoms. The van der Waals surface area contributed by atoms with Crippen molar-refractivity contribution in [3.63, 3.8) is 0 Å². The smallest absolute Gasteiger partial charge is 0.214 e. The molecule has 0 bridgehead atoms. The summed E-state index contributed by atoms with van der Waals surface area (Å²) in [6, 6.07) is 0. The Kier molecular flexibility index (Phi) is 2.88. The first-order valence-electron chi connectivity index (χ1n) is 2.81. The zero-order chi connectivity index (χ0) is 9.19.